The van der Waals surface area contributed by atoms with Gasteiger partial charge in [-0.25, -0.2) is 0 Å². The monoisotopic (exact) mass is 262 g/mol. The van der Waals surface area contributed by atoms with Crippen molar-refractivity contribution in [3.05, 3.63) is 66.2 Å². The molecule has 1 heterocycles. The van der Waals surface area contributed by atoms with Crippen LogP contribution in [0.3, 0.4) is 0 Å². The maximum atomic E-state index is 9.98. The van der Waals surface area contributed by atoms with Crippen molar-refractivity contribution in [1.82, 2.24) is 0 Å². The summed E-state index contributed by atoms with van der Waals surface area (Å²) in [5, 5.41) is 9.98. The van der Waals surface area contributed by atoms with Crippen LogP contribution in [0.5, 0.6) is 0 Å². The second-order valence-corrected chi connectivity index (χ2v) is 5.42. The SMILES string of the molecule is C[C@@H]1CCN(c2ccccc2)[C@@]1(C#N)c1ccccc1. The molecule has 3 rings (SSSR count). The summed E-state index contributed by atoms with van der Waals surface area (Å²) in [5.41, 5.74) is 1.67. The Bertz CT molecular complexity index is 615. The van der Waals surface area contributed by atoms with Crippen LogP contribution in [-0.2, 0) is 5.54 Å². The second-order valence-electron chi connectivity index (χ2n) is 5.42. The van der Waals surface area contributed by atoms with Crippen molar-refractivity contribution < 1.29 is 0 Å². The molecule has 0 radical (unpaired) electrons. The van der Waals surface area contributed by atoms with E-state index in [-0.39, 0.29) is 0 Å². The van der Waals surface area contributed by atoms with Crippen LogP contribution in [0.2, 0.25) is 0 Å². The Balaban J connectivity index is 2.14. The van der Waals surface area contributed by atoms with E-state index < -0.39 is 5.54 Å². The number of para-hydroxylation sites is 1. The first-order chi connectivity index (χ1) is 9.79. The molecule has 2 aromatic carbocycles. The summed E-state index contributed by atoms with van der Waals surface area (Å²) < 4.78 is 0. The molecule has 0 N–H and O–H groups in total. The molecule has 0 aromatic heterocycles. The third-order valence-corrected chi connectivity index (χ3v) is 4.38. The van der Waals surface area contributed by atoms with E-state index in [1.54, 1.807) is 0 Å². The molecule has 1 fully saturated rings. The quantitative estimate of drug-likeness (QED) is 0.819. The van der Waals surface area contributed by atoms with E-state index in [2.05, 4.69) is 42.2 Å². The van der Waals surface area contributed by atoms with Crippen molar-refractivity contribution in [2.24, 2.45) is 5.92 Å². The summed E-state index contributed by atoms with van der Waals surface area (Å²) in [5.74, 6) is 0.315. The summed E-state index contributed by atoms with van der Waals surface area (Å²) in [6, 6.07) is 23.1. The van der Waals surface area contributed by atoms with Gasteiger partial charge in [0.1, 0.15) is 0 Å². The van der Waals surface area contributed by atoms with Gasteiger partial charge in [-0.05, 0) is 30.0 Å². The summed E-state index contributed by atoms with van der Waals surface area (Å²) in [4.78, 5) is 2.26. The smallest absolute Gasteiger partial charge is 0.156 e. The van der Waals surface area contributed by atoms with E-state index >= 15 is 0 Å². The fourth-order valence-electron chi connectivity index (χ4n) is 3.28. The molecule has 2 atom stereocenters. The molecule has 1 aliphatic heterocycles. The Morgan fingerprint density at radius 1 is 1.05 bits per heavy atom. The molecule has 0 bridgehead atoms. The summed E-state index contributed by atoms with van der Waals surface area (Å²) in [7, 11) is 0. The van der Waals surface area contributed by atoms with Crippen LogP contribution in [0.15, 0.2) is 60.7 Å². The number of benzene rings is 2. The lowest BCUT2D eigenvalue weighted by Crippen LogP contribution is -2.43. The van der Waals surface area contributed by atoms with Gasteiger partial charge >= 0.3 is 0 Å². The predicted octanol–water partition coefficient (Wildman–Crippen LogP) is 3.95. The third-order valence-electron chi connectivity index (χ3n) is 4.38. The Morgan fingerprint density at radius 2 is 1.65 bits per heavy atom. The maximum Gasteiger partial charge on any atom is 0.156 e. The molecule has 2 heteroatoms. The highest BCUT2D eigenvalue weighted by Gasteiger charge is 2.48. The first-order valence-electron chi connectivity index (χ1n) is 7.08. The number of hydrogen-bond acceptors (Lipinski definition) is 2. The van der Waals surface area contributed by atoms with Crippen LogP contribution < -0.4 is 4.90 Å². The average Bonchev–Trinajstić information content (AvgIpc) is 2.86. The third kappa shape index (κ3) is 1.78. The molecule has 2 nitrogen and oxygen atoms in total. The molecule has 0 unspecified atom stereocenters. The van der Waals surface area contributed by atoms with E-state index in [9.17, 15) is 5.26 Å². The largest absolute Gasteiger partial charge is 0.349 e. The van der Waals surface area contributed by atoms with E-state index in [1.165, 1.54) is 0 Å². The van der Waals surface area contributed by atoms with Crippen LogP contribution in [0.4, 0.5) is 5.69 Å². The topological polar surface area (TPSA) is 27.0 Å². The molecule has 100 valence electrons. The molecule has 20 heavy (non-hydrogen) atoms. The Hall–Kier alpha value is -2.27. The number of hydrogen-bond donors (Lipinski definition) is 0. The van der Waals surface area contributed by atoms with Gasteiger partial charge in [0, 0.05) is 12.2 Å². The summed E-state index contributed by atoms with van der Waals surface area (Å²) >= 11 is 0. The highest BCUT2D eigenvalue weighted by Crippen LogP contribution is 2.45. The second kappa shape index (κ2) is 5.02. The molecular formula is C18H18N2. The van der Waals surface area contributed by atoms with Crippen molar-refractivity contribution in [2.75, 3.05) is 11.4 Å². The van der Waals surface area contributed by atoms with Crippen molar-refractivity contribution in [3.63, 3.8) is 0 Å². The molecule has 0 spiro atoms. The fraction of sp³-hybridized carbons (Fsp3) is 0.278. The lowest BCUT2D eigenvalue weighted by molar-refractivity contribution is 0.431. The van der Waals surface area contributed by atoms with E-state index in [0.29, 0.717) is 5.92 Å². The number of nitrogens with zero attached hydrogens (tertiary/aromatic N) is 2. The minimum absolute atomic E-state index is 0.315. The lowest BCUT2D eigenvalue weighted by atomic mass is 9.80. The van der Waals surface area contributed by atoms with Gasteiger partial charge in [-0.15, -0.1) is 0 Å². The number of anilines is 1. The molecular weight excluding hydrogens is 244 g/mol. The molecule has 1 saturated heterocycles. The van der Waals surface area contributed by atoms with E-state index in [0.717, 1.165) is 24.2 Å². The van der Waals surface area contributed by atoms with Gasteiger partial charge < -0.3 is 4.90 Å². The normalized spacial score (nSPS) is 25.4. The molecule has 1 aliphatic rings. The Morgan fingerprint density at radius 3 is 2.25 bits per heavy atom. The fourth-order valence-corrected chi connectivity index (χ4v) is 3.28. The van der Waals surface area contributed by atoms with Crippen molar-refractivity contribution in [3.8, 4) is 6.07 Å². The number of nitriles is 1. The minimum atomic E-state index is -0.553. The molecule has 2 aromatic rings. The van der Waals surface area contributed by atoms with Gasteiger partial charge in [-0.2, -0.15) is 5.26 Å². The van der Waals surface area contributed by atoms with Crippen LogP contribution in [0.25, 0.3) is 0 Å². The molecule has 0 amide bonds. The van der Waals surface area contributed by atoms with Crippen LogP contribution in [0.1, 0.15) is 18.9 Å². The first kappa shape index (κ1) is 12.7. The van der Waals surface area contributed by atoms with E-state index in [4.69, 9.17) is 0 Å². The highest BCUT2D eigenvalue weighted by atomic mass is 15.2. The van der Waals surface area contributed by atoms with E-state index in [1.807, 2.05) is 36.4 Å². The van der Waals surface area contributed by atoms with Gasteiger partial charge in [-0.1, -0.05) is 55.5 Å². The summed E-state index contributed by atoms with van der Waals surface area (Å²) in [6.45, 7) is 3.10. The van der Waals surface area contributed by atoms with Gasteiger partial charge in [0.2, 0.25) is 0 Å². The zero-order valence-corrected chi connectivity index (χ0v) is 11.7. The van der Waals surface area contributed by atoms with Gasteiger partial charge in [0.05, 0.1) is 6.07 Å². The van der Waals surface area contributed by atoms with Crippen molar-refractivity contribution in [1.29, 1.82) is 5.26 Å². The Kier molecular flexibility index (Phi) is 3.20. The van der Waals surface area contributed by atoms with Crippen LogP contribution in [-0.4, -0.2) is 6.54 Å². The molecule has 0 aliphatic carbocycles. The van der Waals surface area contributed by atoms with Gasteiger partial charge in [0.25, 0.3) is 0 Å². The van der Waals surface area contributed by atoms with Crippen molar-refractivity contribution >= 4 is 5.69 Å². The Labute approximate surface area is 120 Å². The van der Waals surface area contributed by atoms with Crippen LogP contribution in [0, 0.1) is 17.2 Å². The summed E-state index contributed by atoms with van der Waals surface area (Å²) in [6.07, 6.45) is 1.04. The van der Waals surface area contributed by atoms with Gasteiger partial charge in [-0.3, -0.25) is 0 Å². The predicted molar refractivity (Wildman–Crippen MR) is 81.3 cm³/mol. The maximum absolute atomic E-state index is 9.98. The van der Waals surface area contributed by atoms with Crippen molar-refractivity contribution in [2.45, 2.75) is 18.9 Å². The van der Waals surface area contributed by atoms with Gasteiger partial charge in [0.15, 0.2) is 5.54 Å². The zero-order chi connectivity index (χ0) is 14.0. The van der Waals surface area contributed by atoms with Crippen LogP contribution >= 0.6 is 0 Å². The minimum Gasteiger partial charge on any atom is -0.349 e. The zero-order valence-electron chi connectivity index (χ0n) is 11.7. The first-order valence-corrected chi connectivity index (χ1v) is 7.08. The lowest BCUT2D eigenvalue weighted by Gasteiger charge is -2.37. The standard InChI is InChI=1S/C18H18N2/c1-15-12-13-20(17-10-6-3-7-11-17)18(15,14-19)16-8-4-2-5-9-16/h2-11,15H,12-13H2,1H3/t15-,18-/m1/s1. The highest BCUT2D eigenvalue weighted by molar-refractivity contribution is 5.56. The number of rotatable bonds is 2. The molecule has 0 saturated carbocycles. The average molecular weight is 262 g/mol.